The first-order chi connectivity index (χ1) is 9.24. The second-order valence-electron chi connectivity index (χ2n) is 7.54. The fraction of sp³-hybridized carbons (Fsp3) is 0.706. The van der Waals surface area contributed by atoms with Crippen LogP contribution < -0.4 is 0 Å². The summed E-state index contributed by atoms with van der Waals surface area (Å²) < 4.78 is 8.21. The third kappa shape index (κ3) is 1.86. The summed E-state index contributed by atoms with van der Waals surface area (Å²) in [6, 6.07) is 2.09. The number of ether oxygens (including phenoxy) is 1. The average molecular weight is 275 g/mol. The quantitative estimate of drug-likeness (QED) is 0.785. The molecule has 2 aliphatic rings. The number of rotatable bonds is 1. The molecule has 0 bridgehead atoms. The lowest BCUT2D eigenvalue weighted by atomic mass is 9.76. The molecule has 3 nitrogen and oxygen atoms in total. The van der Waals surface area contributed by atoms with Gasteiger partial charge in [-0.05, 0) is 45.1 Å². The molecule has 1 aromatic rings. The molecule has 0 radical (unpaired) electrons. The van der Waals surface area contributed by atoms with E-state index in [1.807, 2.05) is 0 Å². The molecule has 0 saturated carbocycles. The maximum Gasteiger partial charge on any atom is 0.165 e. The van der Waals surface area contributed by atoms with Crippen molar-refractivity contribution in [1.82, 2.24) is 4.57 Å². The lowest BCUT2D eigenvalue weighted by Crippen LogP contribution is -2.40. The van der Waals surface area contributed by atoms with E-state index in [0.29, 0.717) is 12.2 Å². The number of hydrogen-bond acceptors (Lipinski definition) is 2. The van der Waals surface area contributed by atoms with Crippen LogP contribution >= 0.6 is 0 Å². The molecule has 1 aromatic heterocycles. The van der Waals surface area contributed by atoms with E-state index in [-0.39, 0.29) is 17.1 Å². The van der Waals surface area contributed by atoms with Crippen molar-refractivity contribution in [2.75, 3.05) is 6.61 Å². The molecule has 110 valence electrons. The lowest BCUT2D eigenvalue weighted by Gasteiger charge is -2.37. The van der Waals surface area contributed by atoms with Crippen molar-refractivity contribution in [2.45, 2.75) is 65.5 Å². The summed E-state index contributed by atoms with van der Waals surface area (Å²) in [6.45, 7) is 11.7. The third-order valence-electron chi connectivity index (χ3n) is 5.23. The van der Waals surface area contributed by atoms with E-state index in [1.165, 1.54) is 11.4 Å². The number of carbonyl (C=O) groups is 1. The maximum absolute atomic E-state index is 12.4. The number of hydrogen-bond donors (Lipinski definition) is 0. The van der Waals surface area contributed by atoms with Gasteiger partial charge < -0.3 is 9.30 Å². The van der Waals surface area contributed by atoms with Crippen LogP contribution in [0.15, 0.2) is 6.07 Å². The largest absolute Gasteiger partial charge is 0.376 e. The van der Waals surface area contributed by atoms with Gasteiger partial charge in [-0.3, -0.25) is 4.79 Å². The average Bonchev–Trinajstić information content (AvgIpc) is 2.80. The number of aromatic nitrogens is 1. The molecule has 0 spiro atoms. The highest BCUT2D eigenvalue weighted by molar-refractivity contribution is 5.99. The van der Waals surface area contributed by atoms with E-state index in [0.717, 1.165) is 25.0 Å². The molecule has 0 N–H and O–H groups in total. The van der Waals surface area contributed by atoms with E-state index in [1.54, 1.807) is 0 Å². The van der Waals surface area contributed by atoms with Gasteiger partial charge >= 0.3 is 0 Å². The summed E-state index contributed by atoms with van der Waals surface area (Å²) in [5.74, 6) is 0.299. The molecule has 20 heavy (non-hydrogen) atoms. The second-order valence-corrected chi connectivity index (χ2v) is 7.54. The van der Waals surface area contributed by atoms with Crippen molar-refractivity contribution in [2.24, 2.45) is 5.41 Å². The molecule has 1 aliphatic heterocycles. The highest BCUT2D eigenvalue weighted by Gasteiger charge is 2.43. The standard InChI is InChI=1S/C17H25NO2/c1-11-8-13-14(9-16(3,4)10-15(13)19)18(11)17(5)6-7-20-12(17)2/h8,12H,6-7,9-10H2,1-5H3. The first-order valence-electron chi connectivity index (χ1n) is 7.61. The monoisotopic (exact) mass is 275 g/mol. The van der Waals surface area contributed by atoms with Gasteiger partial charge in [0.2, 0.25) is 0 Å². The molecule has 3 heteroatoms. The zero-order chi connectivity index (χ0) is 14.7. The molecule has 2 unspecified atom stereocenters. The number of nitrogens with zero attached hydrogens (tertiary/aromatic N) is 1. The number of ketones is 1. The maximum atomic E-state index is 12.4. The molecule has 3 rings (SSSR count). The van der Waals surface area contributed by atoms with E-state index in [4.69, 9.17) is 4.74 Å². The van der Waals surface area contributed by atoms with E-state index >= 15 is 0 Å². The van der Waals surface area contributed by atoms with Crippen LogP contribution in [-0.4, -0.2) is 23.1 Å². The van der Waals surface area contributed by atoms with Gasteiger partial charge in [-0.1, -0.05) is 13.8 Å². The predicted octanol–water partition coefficient (Wildman–Crippen LogP) is 3.48. The molecule has 1 saturated heterocycles. The molecular weight excluding hydrogens is 250 g/mol. The Morgan fingerprint density at radius 2 is 2.00 bits per heavy atom. The topological polar surface area (TPSA) is 31.2 Å². The molecule has 0 aromatic carbocycles. The molecule has 1 aliphatic carbocycles. The van der Waals surface area contributed by atoms with Gasteiger partial charge in [0.15, 0.2) is 5.78 Å². The predicted molar refractivity (Wildman–Crippen MR) is 79.3 cm³/mol. The Morgan fingerprint density at radius 1 is 1.30 bits per heavy atom. The Kier molecular flexibility index (Phi) is 2.91. The van der Waals surface area contributed by atoms with Gasteiger partial charge in [0.1, 0.15) is 0 Å². The lowest BCUT2D eigenvalue weighted by molar-refractivity contribution is 0.0722. The summed E-state index contributed by atoms with van der Waals surface area (Å²) in [6.07, 6.45) is 2.85. The Bertz CT molecular complexity index is 570. The van der Waals surface area contributed by atoms with Gasteiger partial charge in [0.05, 0.1) is 11.6 Å². The Labute approximate surface area is 121 Å². The third-order valence-corrected chi connectivity index (χ3v) is 5.23. The number of fused-ring (bicyclic) bond motifs is 1. The zero-order valence-electron chi connectivity index (χ0n) is 13.2. The van der Waals surface area contributed by atoms with Crippen LogP contribution in [0.1, 0.15) is 62.3 Å². The van der Waals surface area contributed by atoms with Crippen LogP contribution in [0.4, 0.5) is 0 Å². The van der Waals surface area contributed by atoms with Crippen LogP contribution in [0.3, 0.4) is 0 Å². The summed E-state index contributed by atoms with van der Waals surface area (Å²) >= 11 is 0. The molecule has 0 amide bonds. The highest BCUT2D eigenvalue weighted by atomic mass is 16.5. The van der Waals surface area contributed by atoms with Gasteiger partial charge in [0.25, 0.3) is 0 Å². The minimum atomic E-state index is -0.0225. The molecule has 2 heterocycles. The molecular formula is C17H25NO2. The van der Waals surface area contributed by atoms with Crippen LogP contribution in [0.25, 0.3) is 0 Å². The number of Topliss-reactive ketones (excluding diaryl/α,β-unsaturated/α-hetero) is 1. The number of carbonyl (C=O) groups excluding carboxylic acids is 1. The summed E-state index contributed by atoms with van der Waals surface area (Å²) in [5, 5.41) is 0. The minimum absolute atomic E-state index is 0.0225. The summed E-state index contributed by atoms with van der Waals surface area (Å²) in [5.41, 5.74) is 3.41. The SMILES string of the molecule is Cc1cc2c(n1C1(C)CCOC1C)CC(C)(C)CC2=O. The molecule has 1 fully saturated rings. The van der Waals surface area contributed by atoms with Crippen molar-refractivity contribution >= 4 is 5.78 Å². The Balaban J connectivity index is 2.17. The van der Waals surface area contributed by atoms with E-state index in [2.05, 4.69) is 45.3 Å². The van der Waals surface area contributed by atoms with Crippen molar-refractivity contribution in [1.29, 1.82) is 0 Å². The fourth-order valence-corrected chi connectivity index (χ4v) is 3.98. The summed E-state index contributed by atoms with van der Waals surface area (Å²) in [4.78, 5) is 12.4. The smallest absolute Gasteiger partial charge is 0.165 e. The van der Waals surface area contributed by atoms with E-state index in [9.17, 15) is 4.79 Å². The van der Waals surface area contributed by atoms with Crippen LogP contribution in [-0.2, 0) is 16.7 Å². The molecule has 2 atom stereocenters. The normalized spacial score (nSPS) is 32.5. The van der Waals surface area contributed by atoms with Gasteiger partial charge in [0, 0.05) is 30.0 Å². The second kappa shape index (κ2) is 4.20. The first-order valence-corrected chi connectivity index (χ1v) is 7.61. The van der Waals surface area contributed by atoms with Crippen molar-refractivity contribution in [3.05, 3.63) is 23.0 Å². The fourth-order valence-electron chi connectivity index (χ4n) is 3.98. The highest BCUT2D eigenvalue weighted by Crippen LogP contribution is 2.42. The summed E-state index contributed by atoms with van der Waals surface area (Å²) in [7, 11) is 0. The Morgan fingerprint density at radius 3 is 2.60 bits per heavy atom. The number of aryl methyl sites for hydroxylation is 1. The van der Waals surface area contributed by atoms with Crippen molar-refractivity contribution in [3.63, 3.8) is 0 Å². The van der Waals surface area contributed by atoms with Gasteiger partial charge in [-0.25, -0.2) is 0 Å². The minimum Gasteiger partial charge on any atom is -0.376 e. The van der Waals surface area contributed by atoms with Crippen LogP contribution in [0, 0.1) is 12.3 Å². The zero-order valence-corrected chi connectivity index (χ0v) is 13.2. The Hall–Kier alpha value is -1.09. The van der Waals surface area contributed by atoms with Crippen LogP contribution in [0.2, 0.25) is 0 Å². The van der Waals surface area contributed by atoms with Crippen LogP contribution in [0.5, 0.6) is 0 Å². The first kappa shape index (κ1) is 13.9. The van der Waals surface area contributed by atoms with Gasteiger partial charge in [-0.2, -0.15) is 0 Å². The van der Waals surface area contributed by atoms with Gasteiger partial charge in [-0.15, -0.1) is 0 Å². The van der Waals surface area contributed by atoms with Crippen molar-refractivity contribution in [3.8, 4) is 0 Å². The van der Waals surface area contributed by atoms with Crippen molar-refractivity contribution < 1.29 is 9.53 Å². The van der Waals surface area contributed by atoms with E-state index < -0.39 is 0 Å².